The van der Waals surface area contributed by atoms with E-state index in [-0.39, 0.29) is 29.2 Å². The van der Waals surface area contributed by atoms with Crippen molar-refractivity contribution in [2.75, 3.05) is 55.0 Å². The Bertz CT molecular complexity index is 805. The van der Waals surface area contributed by atoms with Crippen LogP contribution in [0.5, 0.6) is 0 Å². The molecule has 0 bridgehead atoms. The fourth-order valence-corrected chi connectivity index (χ4v) is 6.34. The van der Waals surface area contributed by atoms with Crippen molar-refractivity contribution in [2.24, 2.45) is 5.92 Å². The largest absolute Gasteiger partial charge is 0.378 e. The van der Waals surface area contributed by atoms with Crippen LogP contribution in [0.1, 0.15) is 27.2 Å². The number of amides is 1. The molecule has 2 fully saturated rings. The third kappa shape index (κ3) is 5.64. The molecule has 29 heavy (non-hydrogen) atoms. The molecule has 3 rings (SSSR count). The highest BCUT2D eigenvalue weighted by molar-refractivity contribution is 7.99. The number of hydrogen-bond acceptors (Lipinski definition) is 8. The number of anilines is 1. The van der Waals surface area contributed by atoms with Crippen LogP contribution in [0.4, 0.5) is 5.95 Å². The number of hydrogen-bond donors (Lipinski definition) is 0. The molecule has 1 amide bonds. The molecule has 0 radical (unpaired) electrons. The first kappa shape index (κ1) is 22.4. The van der Waals surface area contributed by atoms with Gasteiger partial charge in [-0.3, -0.25) is 9.36 Å². The van der Waals surface area contributed by atoms with Crippen molar-refractivity contribution in [3.63, 3.8) is 0 Å². The molecule has 1 aromatic heterocycles. The number of aromatic nitrogens is 3. The molecule has 2 saturated heterocycles. The van der Waals surface area contributed by atoms with Crippen LogP contribution in [0.15, 0.2) is 5.16 Å². The van der Waals surface area contributed by atoms with Gasteiger partial charge in [-0.15, -0.1) is 10.2 Å². The molecule has 11 heteroatoms. The molecule has 164 valence electrons. The number of rotatable bonds is 8. The van der Waals surface area contributed by atoms with Crippen LogP contribution in [0.25, 0.3) is 0 Å². The van der Waals surface area contributed by atoms with Gasteiger partial charge in [-0.2, -0.15) is 0 Å². The number of nitrogens with zero attached hydrogens (tertiary/aromatic N) is 5. The number of thioether (sulfide) groups is 1. The van der Waals surface area contributed by atoms with Crippen LogP contribution < -0.4 is 4.90 Å². The van der Waals surface area contributed by atoms with Crippen molar-refractivity contribution in [2.45, 2.75) is 44.9 Å². The maximum absolute atomic E-state index is 12.8. The number of carbonyl (C=O) groups excluding carboxylic acids is 1. The molecule has 0 aromatic carbocycles. The predicted octanol–water partition coefficient (Wildman–Crippen LogP) is 0.898. The van der Waals surface area contributed by atoms with Gasteiger partial charge in [-0.1, -0.05) is 25.6 Å². The summed E-state index contributed by atoms with van der Waals surface area (Å²) in [6, 6.07) is -0.212. The lowest BCUT2D eigenvalue weighted by Crippen LogP contribution is -2.42. The van der Waals surface area contributed by atoms with E-state index in [4.69, 9.17) is 4.74 Å². The minimum absolute atomic E-state index is 0.0494. The average molecular weight is 446 g/mol. The molecular formula is C18H31N5O4S2. The average Bonchev–Trinajstić information content (AvgIpc) is 3.23. The number of carbonyl (C=O) groups is 1. The third-order valence-electron chi connectivity index (χ3n) is 5.17. The first-order chi connectivity index (χ1) is 13.8. The predicted molar refractivity (Wildman–Crippen MR) is 113 cm³/mol. The fraction of sp³-hybridized carbons (Fsp3) is 0.833. The van der Waals surface area contributed by atoms with Gasteiger partial charge in [0.1, 0.15) is 0 Å². The first-order valence-corrected chi connectivity index (χ1v) is 13.0. The standard InChI is InChI=1S/C18H31N5O4S2/c1-4-22(15-5-10-29(25,26)13-15)16(24)12-28-18-20-19-17(23(18)11-14(2)3)21-6-8-27-9-7-21/h14-15H,4-13H2,1-3H3/t15-/m1/s1. The summed E-state index contributed by atoms with van der Waals surface area (Å²) in [7, 11) is -3.02. The smallest absolute Gasteiger partial charge is 0.233 e. The summed E-state index contributed by atoms with van der Waals surface area (Å²) in [5.74, 6) is 1.65. The number of morpholine rings is 1. The molecule has 9 nitrogen and oxygen atoms in total. The van der Waals surface area contributed by atoms with Crippen LogP contribution in [0.3, 0.4) is 0 Å². The van der Waals surface area contributed by atoms with E-state index in [1.165, 1.54) is 11.8 Å². The summed E-state index contributed by atoms with van der Waals surface area (Å²) in [4.78, 5) is 16.7. The van der Waals surface area contributed by atoms with Gasteiger partial charge in [0.2, 0.25) is 11.9 Å². The lowest BCUT2D eigenvalue weighted by molar-refractivity contribution is -0.129. The Morgan fingerprint density at radius 1 is 1.31 bits per heavy atom. The molecule has 1 atom stereocenters. The molecule has 0 aliphatic carbocycles. The topological polar surface area (TPSA) is 97.6 Å². The van der Waals surface area contributed by atoms with E-state index in [0.717, 1.165) is 30.7 Å². The zero-order valence-electron chi connectivity index (χ0n) is 17.4. The van der Waals surface area contributed by atoms with Crippen molar-refractivity contribution < 1.29 is 17.9 Å². The van der Waals surface area contributed by atoms with Crippen LogP contribution in [0.2, 0.25) is 0 Å². The fourth-order valence-electron chi connectivity index (χ4n) is 3.78. The Balaban J connectivity index is 1.68. The highest BCUT2D eigenvalue weighted by Crippen LogP contribution is 2.25. The van der Waals surface area contributed by atoms with Crippen molar-refractivity contribution in [1.82, 2.24) is 19.7 Å². The minimum atomic E-state index is -3.02. The van der Waals surface area contributed by atoms with Gasteiger partial charge in [0.15, 0.2) is 15.0 Å². The summed E-state index contributed by atoms with van der Waals surface area (Å²) in [6.45, 7) is 10.4. The highest BCUT2D eigenvalue weighted by Gasteiger charge is 2.34. The highest BCUT2D eigenvalue weighted by atomic mass is 32.2. The van der Waals surface area contributed by atoms with Crippen molar-refractivity contribution in [3.05, 3.63) is 0 Å². The lowest BCUT2D eigenvalue weighted by Gasteiger charge is -2.28. The molecule has 0 unspecified atom stereocenters. The van der Waals surface area contributed by atoms with E-state index in [0.29, 0.717) is 32.1 Å². The van der Waals surface area contributed by atoms with E-state index in [1.54, 1.807) is 4.90 Å². The lowest BCUT2D eigenvalue weighted by atomic mass is 10.2. The molecule has 2 aliphatic rings. The van der Waals surface area contributed by atoms with E-state index in [2.05, 4.69) is 33.5 Å². The summed E-state index contributed by atoms with van der Waals surface area (Å²) in [6.07, 6.45) is 0.525. The number of ether oxygens (including phenoxy) is 1. The van der Waals surface area contributed by atoms with Crippen LogP contribution in [-0.2, 0) is 25.9 Å². The van der Waals surface area contributed by atoms with Gasteiger partial charge in [-0.05, 0) is 19.3 Å². The molecule has 0 saturated carbocycles. The molecule has 0 N–H and O–H groups in total. The minimum Gasteiger partial charge on any atom is -0.378 e. The van der Waals surface area contributed by atoms with Crippen molar-refractivity contribution in [3.8, 4) is 0 Å². The molecule has 2 aliphatic heterocycles. The second-order valence-electron chi connectivity index (χ2n) is 7.91. The first-order valence-electron chi connectivity index (χ1n) is 10.2. The van der Waals surface area contributed by atoms with Crippen molar-refractivity contribution >= 4 is 33.5 Å². The van der Waals surface area contributed by atoms with E-state index < -0.39 is 9.84 Å². The maximum atomic E-state index is 12.8. The molecular weight excluding hydrogens is 414 g/mol. The van der Waals surface area contributed by atoms with Gasteiger partial charge < -0.3 is 14.5 Å². The van der Waals surface area contributed by atoms with Gasteiger partial charge in [0.25, 0.3) is 0 Å². The Kier molecular flexibility index (Phi) is 7.44. The van der Waals surface area contributed by atoms with Gasteiger partial charge >= 0.3 is 0 Å². The monoisotopic (exact) mass is 445 g/mol. The summed E-state index contributed by atoms with van der Waals surface area (Å²) >= 11 is 1.38. The third-order valence-corrected chi connectivity index (χ3v) is 7.88. The molecule has 3 heterocycles. The van der Waals surface area contributed by atoms with E-state index in [1.807, 2.05) is 6.92 Å². The summed E-state index contributed by atoms with van der Waals surface area (Å²) in [5, 5.41) is 9.47. The van der Waals surface area contributed by atoms with E-state index >= 15 is 0 Å². The Hall–Kier alpha value is -1.33. The Morgan fingerprint density at radius 3 is 2.62 bits per heavy atom. The van der Waals surface area contributed by atoms with Crippen molar-refractivity contribution in [1.29, 1.82) is 0 Å². The van der Waals surface area contributed by atoms with Crippen LogP contribution in [-0.4, -0.2) is 90.1 Å². The molecule has 1 aromatic rings. The van der Waals surface area contributed by atoms with Crippen LogP contribution in [0, 0.1) is 5.92 Å². The van der Waals surface area contributed by atoms with Crippen LogP contribution >= 0.6 is 11.8 Å². The maximum Gasteiger partial charge on any atom is 0.233 e. The zero-order chi connectivity index (χ0) is 21.0. The van der Waals surface area contributed by atoms with E-state index in [9.17, 15) is 13.2 Å². The Labute approximate surface area is 177 Å². The number of sulfone groups is 1. The Morgan fingerprint density at radius 2 is 2.03 bits per heavy atom. The second-order valence-corrected chi connectivity index (χ2v) is 11.1. The molecule has 0 spiro atoms. The summed E-state index contributed by atoms with van der Waals surface area (Å²) in [5.41, 5.74) is 0. The quantitative estimate of drug-likeness (QED) is 0.545. The van der Waals surface area contributed by atoms with Gasteiger partial charge in [0, 0.05) is 32.2 Å². The SMILES string of the molecule is CCN(C(=O)CSc1nnc(N2CCOCC2)n1CC(C)C)[C@@H]1CCS(=O)(=O)C1. The summed E-state index contributed by atoms with van der Waals surface area (Å²) < 4.78 is 31.1. The van der Waals surface area contributed by atoms with Gasteiger partial charge in [-0.25, -0.2) is 8.42 Å². The van der Waals surface area contributed by atoms with Gasteiger partial charge in [0.05, 0.1) is 30.5 Å². The zero-order valence-corrected chi connectivity index (χ0v) is 19.0. The second kappa shape index (κ2) is 9.65. The normalized spacial score (nSPS) is 21.7.